The van der Waals surface area contributed by atoms with Crippen LogP contribution in [0, 0.1) is 11.3 Å². The van der Waals surface area contributed by atoms with Crippen molar-refractivity contribution in [2.24, 2.45) is 0 Å². The molecule has 0 aliphatic rings. The van der Waals surface area contributed by atoms with Gasteiger partial charge < -0.3 is 9.47 Å². The molecule has 1 rings (SSSR count). The Morgan fingerprint density at radius 3 is 2.56 bits per heavy atom. The predicted octanol–water partition coefficient (Wildman–Crippen LogP) is 2.62. The summed E-state index contributed by atoms with van der Waals surface area (Å²) < 4.78 is 44.3. The molecule has 0 N–H and O–H groups in total. The van der Waals surface area contributed by atoms with Crippen LogP contribution in [-0.4, -0.2) is 18.5 Å². The predicted molar refractivity (Wildman–Crippen MR) is 49.9 cm³/mol. The van der Waals surface area contributed by atoms with Crippen molar-refractivity contribution in [3.05, 3.63) is 16.2 Å². The minimum atomic E-state index is -4.88. The van der Waals surface area contributed by atoms with Crippen molar-refractivity contribution in [3.63, 3.8) is 0 Å². The van der Waals surface area contributed by atoms with E-state index in [1.807, 2.05) is 0 Å². The quantitative estimate of drug-likeness (QED) is 0.842. The Morgan fingerprint density at radius 2 is 2.12 bits per heavy atom. The van der Waals surface area contributed by atoms with Crippen LogP contribution >= 0.6 is 15.9 Å². The van der Waals surface area contributed by atoms with Gasteiger partial charge in [-0.25, -0.2) is 4.98 Å². The van der Waals surface area contributed by atoms with Crippen LogP contribution in [0.15, 0.2) is 10.7 Å². The number of nitrogens with zero attached hydrogens (tertiary/aromatic N) is 2. The maximum atomic E-state index is 12.1. The molecule has 0 atom stereocenters. The van der Waals surface area contributed by atoms with Crippen LogP contribution in [0.25, 0.3) is 0 Å². The molecule has 1 aromatic rings. The number of alkyl halides is 3. The highest BCUT2D eigenvalue weighted by molar-refractivity contribution is 9.10. The maximum Gasteiger partial charge on any atom is 0.573 e. The molecule has 0 saturated heterocycles. The van der Waals surface area contributed by atoms with Crippen molar-refractivity contribution in [2.45, 2.75) is 6.36 Å². The minimum absolute atomic E-state index is 0.0833. The SMILES string of the molecule is COc1ncc(C#N)c(Br)c1OC(F)(F)F. The lowest BCUT2D eigenvalue weighted by atomic mass is 10.3. The van der Waals surface area contributed by atoms with Gasteiger partial charge in [0.05, 0.1) is 23.3 Å². The number of pyridine rings is 1. The lowest BCUT2D eigenvalue weighted by Gasteiger charge is -2.13. The molecule has 16 heavy (non-hydrogen) atoms. The van der Waals surface area contributed by atoms with Crippen LogP contribution < -0.4 is 9.47 Å². The third-order valence-corrected chi connectivity index (χ3v) is 2.26. The minimum Gasteiger partial charge on any atom is -0.478 e. The van der Waals surface area contributed by atoms with E-state index in [-0.39, 0.29) is 15.9 Å². The van der Waals surface area contributed by atoms with Crippen molar-refractivity contribution >= 4 is 15.9 Å². The molecule has 0 unspecified atom stereocenters. The Morgan fingerprint density at radius 1 is 1.50 bits per heavy atom. The highest BCUT2D eigenvalue weighted by atomic mass is 79.9. The molecular formula is C8H4BrF3N2O2. The molecule has 8 heteroatoms. The van der Waals surface area contributed by atoms with Crippen molar-refractivity contribution in [1.82, 2.24) is 4.98 Å². The van der Waals surface area contributed by atoms with E-state index in [0.29, 0.717) is 0 Å². The zero-order chi connectivity index (χ0) is 12.3. The number of hydrogen-bond acceptors (Lipinski definition) is 4. The number of nitriles is 1. The third-order valence-electron chi connectivity index (χ3n) is 1.47. The molecule has 86 valence electrons. The lowest BCUT2D eigenvalue weighted by Crippen LogP contribution is -2.18. The second-order valence-electron chi connectivity index (χ2n) is 2.48. The first-order chi connectivity index (χ1) is 7.39. The third kappa shape index (κ3) is 2.76. The van der Waals surface area contributed by atoms with Crippen LogP contribution in [0.4, 0.5) is 13.2 Å². The molecule has 0 fully saturated rings. The summed E-state index contributed by atoms with van der Waals surface area (Å²) >= 11 is 2.82. The normalized spacial score (nSPS) is 10.8. The van der Waals surface area contributed by atoms with Crippen LogP contribution in [0.5, 0.6) is 11.6 Å². The first-order valence-corrected chi connectivity index (χ1v) is 4.56. The summed E-state index contributed by atoms with van der Waals surface area (Å²) in [6.07, 6.45) is -3.81. The van der Waals surface area contributed by atoms with E-state index in [0.717, 1.165) is 13.3 Å². The summed E-state index contributed by atoms with van der Waals surface area (Å²) in [6, 6.07) is 1.66. The fourth-order valence-corrected chi connectivity index (χ4v) is 1.32. The molecule has 0 aliphatic heterocycles. The van der Waals surface area contributed by atoms with Gasteiger partial charge in [0.25, 0.3) is 5.88 Å². The van der Waals surface area contributed by atoms with Gasteiger partial charge >= 0.3 is 6.36 Å². The Labute approximate surface area is 96.7 Å². The largest absolute Gasteiger partial charge is 0.573 e. The molecule has 0 bridgehead atoms. The molecule has 0 spiro atoms. The van der Waals surface area contributed by atoms with E-state index in [9.17, 15) is 13.2 Å². The molecule has 1 aromatic heterocycles. The molecule has 1 heterocycles. The maximum absolute atomic E-state index is 12.1. The van der Waals surface area contributed by atoms with Crippen molar-refractivity contribution in [1.29, 1.82) is 5.26 Å². The topological polar surface area (TPSA) is 55.1 Å². The van der Waals surface area contributed by atoms with Gasteiger partial charge in [-0.05, 0) is 15.9 Å². The van der Waals surface area contributed by atoms with Gasteiger partial charge in [0.2, 0.25) is 5.75 Å². The second-order valence-corrected chi connectivity index (χ2v) is 3.28. The Balaban J connectivity index is 3.28. The fourth-order valence-electron chi connectivity index (χ4n) is 0.882. The highest BCUT2D eigenvalue weighted by Crippen LogP contribution is 2.38. The molecule has 0 radical (unpaired) electrons. The Kier molecular flexibility index (Phi) is 3.59. The van der Waals surface area contributed by atoms with Crippen molar-refractivity contribution in [3.8, 4) is 17.7 Å². The smallest absolute Gasteiger partial charge is 0.478 e. The van der Waals surface area contributed by atoms with Crippen LogP contribution in [-0.2, 0) is 0 Å². The van der Waals surface area contributed by atoms with E-state index in [4.69, 9.17) is 5.26 Å². The standard InChI is InChI=1S/C8H4BrF3N2O2/c1-15-7-6(16-8(10,11)12)5(9)4(2-13)3-14-7/h3H,1H3. The van der Waals surface area contributed by atoms with Gasteiger partial charge in [-0.2, -0.15) is 5.26 Å². The molecule has 0 aliphatic carbocycles. The summed E-state index contributed by atoms with van der Waals surface area (Å²) in [5.41, 5.74) is -0.0833. The van der Waals surface area contributed by atoms with E-state index < -0.39 is 12.1 Å². The fraction of sp³-hybridized carbons (Fsp3) is 0.250. The van der Waals surface area contributed by atoms with Gasteiger partial charge in [-0.1, -0.05) is 0 Å². The van der Waals surface area contributed by atoms with E-state index in [2.05, 4.69) is 30.4 Å². The van der Waals surface area contributed by atoms with Gasteiger partial charge in [0.1, 0.15) is 6.07 Å². The van der Waals surface area contributed by atoms with Crippen LogP contribution in [0.3, 0.4) is 0 Å². The summed E-state index contributed by atoms with van der Waals surface area (Å²) in [5, 5.41) is 8.61. The van der Waals surface area contributed by atoms with Gasteiger partial charge in [-0.3, -0.25) is 0 Å². The lowest BCUT2D eigenvalue weighted by molar-refractivity contribution is -0.275. The second kappa shape index (κ2) is 4.57. The van der Waals surface area contributed by atoms with E-state index in [1.54, 1.807) is 6.07 Å². The van der Waals surface area contributed by atoms with Gasteiger partial charge in [0.15, 0.2) is 0 Å². The van der Waals surface area contributed by atoms with Crippen LogP contribution in [0.2, 0.25) is 0 Å². The van der Waals surface area contributed by atoms with Gasteiger partial charge in [0, 0.05) is 0 Å². The van der Waals surface area contributed by atoms with Crippen LogP contribution in [0.1, 0.15) is 5.56 Å². The summed E-state index contributed by atoms with van der Waals surface area (Å²) in [6.45, 7) is 0. The van der Waals surface area contributed by atoms with E-state index in [1.165, 1.54) is 0 Å². The van der Waals surface area contributed by atoms with Gasteiger partial charge in [-0.15, -0.1) is 13.2 Å². The molecule has 0 aromatic carbocycles. The molecular weight excluding hydrogens is 293 g/mol. The number of ether oxygens (including phenoxy) is 2. The Bertz CT molecular complexity index is 442. The number of rotatable bonds is 2. The average Bonchev–Trinajstić information content (AvgIpc) is 2.19. The average molecular weight is 297 g/mol. The molecule has 0 saturated carbocycles. The zero-order valence-electron chi connectivity index (χ0n) is 7.80. The number of hydrogen-bond donors (Lipinski definition) is 0. The first-order valence-electron chi connectivity index (χ1n) is 3.77. The summed E-state index contributed by atoms with van der Waals surface area (Å²) in [7, 11) is 1.14. The zero-order valence-corrected chi connectivity index (χ0v) is 9.39. The number of methoxy groups -OCH3 is 1. The molecule has 4 nitrogen and oxygen atoms in total. The van der Waals surface area contributed by atoms with E-state index >= 15 is 0 Å². The summed E-state index contributed by atoms with van der Waals surface area (Å²) in [5.74, 6) is -1.03. The van der Waals surface area contributed by atoms with Crippen molar-refractivity contribution < 1.29 is 22.6 Å². The summed E-state index contributed by atoms with van der Waals surface area (Å²) in [4.78, 5) is 3.51. The molecule has 0 amide bonds. The monoisotopic (exact) mass is 296 g/mol. The Hall–Kier alpha value is -1.49. The highest BCUT2D eigenvalue weighted by Gasteiger charge is 2.34. The first kappa shape index (κ1) is 12.6. The number of halogens is 4. The number of aromatic nitrogens is 1. The van der Waals surface area contributed by atoms with Crippen molar-refractivity contribution in [2.75, 3.05) is 7.11 Å².